The van der Waals surface area contributed by atoms with Crippen LogP contribution in [-0.4, -0.2) is 48.6 Å². The zero-order valence-corrected chi connectivity index (χ0v) is 17.0. The third-order valence-corrected chi connectivity index (χ3v) is 8.44. The smallest absolute Gasteiger partial charge is 0.240 e. The largest absolute Gasteiger partial charge is 0.356 e. The highest BCUT2D eigenvalue weighted by molar-refractivity contribution is 8.02. The molecule has 29 heavy (non-hydrogen) atoms. The molecule has 2 aromatic heterocycles. The van der Waals surface area contributed by atoms with Crippen LogP contribution < -0.4 is 4.90 Å². The summed E-state index contributed by atoms with van der Waals surface area (Å²) in [6.45, 7) is 1.74. The average Bonchev–Trinajstić information content (AvgIpc) is 3.46. The Morgan fingerprint density at radius 2 is 1.83 bits per heavy atom. The van der Waals surface area contributed by atoms with Gasteiger partial charge in [0.25, 0.3) is 0 Å². The molecular formula is C22H23N5OS. The summed E-state index contributed by atoms with van der Waals surface area (Å²) < 4.78 is 1.64. The van der Waals surface area contributed by atoms with Crippen molar-refractivity contribution in [1.82, 2.24) is 19.5 Å². The fourth-order valence-electron chi connectivity index (χ4n) is 5.21. The Balaban J connectivity index is 1.23. The van der Waals surface area contributed by atoms with Crippen LogP contribution in [0.25, 0.3) is 5.65 Å². The van der Waals surface area contributed by atoms with Crippen LogP contribution in [0.2, 0.25) is 0 Å². The number of amides is 1. The summed E-state index contributed by atoms with van der Waals surface area (Å²) in [6, 6.07) is 14.7. The molecular weight excluding hydrogens is 382 g/mol. The molecule has 0 radical (unpaired) electrons. The molecule has 1 amide bonds. The minimum Gasteiger partial charge on any atom is -0.356 e. The number of carbonyl (C=O) groups is 1. The fourth-order valence-corrected chi connectivity index (χ4v) is 6.96. The van der Waals surface area contributed by atoms with Crippen molar-refractivity contribution >= 4 is 29.1 Å². The zero-order chi connectivity index (χ0) is 19.4. The minimum atomic E-state index is -0.259. The lowest BCUT2D eigenvalue weighted by Crippen LogP contribution is -2.48. The summed E-state index contributed by atoms with van der Waals surface area (Å²) in [7, 11) is 0. The number of hydrogen-bond acceptors (Lipinski definition) is 5. The van der Waals surface area contributed by atoms with Gasteiger partial charge in [-0.3, -0.25) is 4.79 Å². The van der Waals surface area contributed by atoms with Crippen LogP contribution in [0.5, 0.6) is 0 Å². The maximum absolute atomic E-state index is 13.6. The first-order valence-corrected chi connectivity index (χ1v) is 11.2. The highest BCUT2D eigenvalue weighted by atomic mass is 32.2. The summed E-state index contributed by atoms with van der Waals surface area (Å²) >= 11 is 1.93. The van der Waals surface area contributed by atoms with Crippen molar-refractivity contribution in [3.8, 4) is 0 Å². The predicted octanol–water partition coefficient (Wildman–Crippen LogP) is 3.50. The first-order valence-electron chi connectivity index (χ1n) is 10.3. The quantitative estimate of drug-likeness (QED) is 0.653. The number of benzene rings is 1. The molecule has 6 rings (SSSR count). The van der Waals surface area contributed by atoms with Gasteiger partial charge in [0.1, 0.15) is 10.6 Å². The minimum absolute atomic E-state index is 0.238. The second-order valence-corrected chi connectivity index (χ2v) is 9.74. The number of thioether (sulfide) groups is 1. The van der Waals surface area contributed by atoms with E-state index in [1.165, 1.54) is 5.56 Å². The van der Waals surface area contributed by atoms with E-state index in [2.05, 4.69) is 44.1 Å². The Morgan fingerprint density at radius 1 is 1.00 bits per heavy atom. The molecule has 0 aliphatic carbocycles. The number of piperidine rings is 1. The van der Waals surface area contributed by atoms with E-state index in [9.17, 15) is 4.79 Å². The lowest BCUT2D eigenvalue weighted by atomic mass is 9.93. The van der Waals surface area contributed by atoms with Crippen LogP contribution in [0.3, 0.4) is 0 Å². The van der Waals surface area contributed by atoms with E-state index < -0.39 is 0 Å². The number of rotatable bonds is 2. The highest BCUT2D eigenvalue weighted by Crippen LogP contribution is 2.55. The number of carbonyl (C=O) groups excluding carboxylic acids is 1. The summed E-state index contributed by atoms with van der Waals surface area (Å²) in [5, 5.41) is 4.75. The van der Waals surface area contributed by atoms with Gasteiger partial charge in [-0.2, -0.15) is 9.61 Å². The van der Waals surface area contributed by atoms with Gasteiger partial charge in [0.05, 0.1) is 17.6 Å². The Kier molecular flexibility index (Phi) is 3.88. The van der Waals surface area contributed by atoms with E-state index in [4.69, 9.17) is 0 Å². The normalized spacial score (nSPS) is 25.9. The van der Waals surface area contributed by atoms with Crippen molar-refractivity contribution in [2.24, 2.45) is 0 Å². The van der Waals surface area contributed by atoms with E-state index in [0.717, 1.165) is 50.2 Å². The Labute approximate surface area is 173 Å². The van der Waals surface area contributed by atoms with Crippen molar-refractivity contribution < 1.29 is 4.79 Å². The molecule has 0 unspecified atom stereocenters. The third-order valence-electron chi connectivity index (χ3n) is 6.67. The molecule has 1 spiro atoms. The number of anilines is 1. The molecule has 7 heteroatoms. The Hall–Kier alpha value is -2.54. The summed E-state index contributed by atoms with van der Waals surface area (Å²) in [6.07, 6.45) is 7.56. The molecule has 148 valence electrons. The van der Waals surface area contributed by atoms with Gasteiger partial charge in [-0.05, 0) is 37.3 Å². The molecule has 2 atom stereocenters. The van der Waals surface area contributed by atoms with Crippen molar-refractivity contribution in [3.05, 3.63) is 60.4 Å². The average molecular weight is 406 g/mol. The van der Waals surface area contributed by atoms with Crippen molar-refractivity contribution in [2.75, 3.05) is 18.0 Å². The van der Waals surface area contributed by atoms with Crippen LogP contribution in [0.1, 0.15) is 37.3 Å². The second kappa shape index (κ2) is 6.49. The fraction of sp³-hybridized carbons (Fsp3) is 0.409. The number of nitrogens with zero attached hydrogens (tertiary/aromatic N) is 5. The number of aromatic nitrogens is 3. The Morgan fingerprint density at radius 3 is 2.66 bits per heavy atom. The highest BCUT2D eigenvalue weighted by Gasteiger charge is 2.57. The summed E-state index contributed by atoms with van der Waals surface area (Å²) in [5.74, 6) is 1.42. The van der Waals surface area contributed by atoms with Crippen LogP contribution >= 0.6 is 11.8 Å². The number of hydrogen-bond donors (Lipinski definition) is 0. The maximum Gasteiger partial charge on any atom is 0.240 e. The van der Waals surface area contributed by atoms with E-state index in [1.807, 2.05) is 40.7 Å². The summed E-state index contributed by atoms with van der Waals surface area (Å²) in [4.78, 5) is 22.5. The summed E-state index contributed by atoms with van der Waals surface area (Å²) in [5.41, 5.74) is 2.14. The van der Waals surface area contributed by atoms with Crippen molar-refractivity contribution in [1.29, 1.82) is 0 Å². The predicted molar refractivity (Wildman–Crippen MR) is 114 cm³/mol. The van der Waals surface area contributed by atoms with E-state index in [1.54, 1.807) is 6.20 Å². The molecule has 3 aliphatic rings. The van der Waals surface area contributed by atoms with Gasteiger partial charge in [0.2, 0.25) is 5.91 Å². The van der Waals surface area contributed by atoms with Gasteiger partial charge in [0, 0.05) is 25.4 Å². The topological polar surface area (TPSA) is 53.7 Å². The second-order valence-electron chi connectivity index (χ2n) is 8.17. The molecule has 0 bridgehead atoms. The van der Waals surface area contributed by atoms with Gasteiger partial charge in [-0.25, -0.2) is 4.98 Å². The van der Waals surface area contributed by atoms with Crippen LogP contribution in [0.15, 0.2) is 54.9 Å². The van der Waals surface area contributed by atoms with Gasteiger partial charge in [0.15, 0.2) is 5.65 Å². The molecule has 3 fully saturated rings. The standard InChI is InChI=1S/C22H23N5OS/c28-21-22(29-20-7-6-17(26(20)21)16-4-2-1-3-5-16)10-14-25(15-11-22)19-9-12-23-18-8-13-24-27(18)19/h1-5,8-9,12-13,17,20H,6-7,10-11,14-15H2/t17-,20+/m0/s1. The first kappa shape index (κ1) is 17.3. The molecule has 3 saturated heterocycles. The van der Waals surface area contributed by atoms with Gasteiger partial charge < -0.3 is 9.80 Å². The molecule has 5 heterocycles. The van der Waals surface area contributed by atoms with Gasteiger partial charge in [-0.1, -0.05) is 30.3 Å². The van der Waals surface area contributed by atoms with Crippen molar-refractivity contribution in [2.45, 2.75) is 41.8 Å². The Bertz CT molecular complexity index is 1060. The van der Waals surface area contributed by atoms with Gasteiger partial charge in [-0.15, -0.1) is 11.8 Å². The van der Waals surface area contributed by atoms with Crippen LogP contribution in [0, 0.1) is 0 Å². The SMILES string of the molecule is O=C1N2[C@@H](CC[C@H]2c2ccccc2)SC12CCN(c1ccnc3ccnn13)CC2. The number of fused-ring (bicyclic) bond motifs is 2. The van der Waals surface area contributed by atoms with Crippen LogP contribution in [-0.2, 0) is 4.79 Å². The lowest BCUT2D eigenvalue weighted by Gasteiger charge is -2.38. The van der Waals surface area contributed by atoms with Crippen LogP contribution in [0.4, 0.5) is 5.82 Å². The maximum atomic E-state index is 13.6. The molecule has 0 N–H and O–H groups in total. The van der Waals surface area contributed by atoms with Gasteiger partial charge >= 0.3 is 0 Å². The van der Waals surface area contributed by atoms with E-state index in [-0.39, 0.29) is 10.8 Å². The van der Waals surface area contributed by atoms with Crippen molar-refractivity contribution in [3.63, 3.8) is 0 Å². The lowest BCUT2D eigenvalue weighted by molar-refractivity contribution is -0.134. The van der Waals surface area contributed by atoms with E-state index >= 15 is 0 Å². The third kappa shape index (κ3) is 2.60. The monoisotopic (exact) mass is 405 g/mol. The molecule has 6 nitrogen and oxygen atoms in total. The molecule has 3 aliphatic heterocycles. The molecule has 0 saturated carbocycles. The first-order chi connectivity index (χ1) is 14.3. The molecule has 1 aromatic carbocycles. The molecule has 3 aromatic rings. The zero-order valence-electron chi connectivity index (χ0n) is 16.1. The van der Waals surface area contributed by atoms with E-state index in [0.29, 0.717) is 11.3 Å².